The minimum absolute atomic E-state index is 0.117. The van der Waals surface area contributed by atoms with Gasteiger partial charge in [-0.25, -0.2) is 8.78 Å². The lowest BCUT2D eigenvalue weighted by Gasteiger charge is -2.13. The van der Waals surface area contributed by atoms with Crippen LogP contribution in [-0.4, -0.2) is 18.5 Å². The minimum Gasteiger partial charge on any atom is -0.349 e. The molecule has 0 aliphatic heterocycles. The molecule has 1 amide bonds. The van der Waals surface area contributed by atoms with Gasteiger partial charge in [0, 0.05) is 6.04 Å². The maximum absolute atomic E-state index is 13.3. The van der Waals surface area contributed by atoms with Crippen LogP contribution in [0.4, 0.5) is 8.78 Å². The van der Waals surface area contributed by atoms with Gasteiger partial charge in [0.1, 0.15) is 11.6 Å². The molecule has 0 heterocycles. The Balaban J connectivity index is 2.66. The van der Waals surface area contributed by atoms with E-state index in [4.69, 9.17) is 5.73 Å². The molecule has 0 aliphatic carbocycles. The molecule has 0 radical (unpaired) electrons. The zero-order valence-electron chi connectivity index (χ0n) is 9.67. The summed E-state index contributed by atoms with van der Waals surface area (Å²) in [5.74, 6) is -1.97. The number of carbonyl (C=O) groups is 1. The van der Waals surface area contributed by atoms with Crippen molar-refractivity contribution in [3.05, 3.63) is 35.4 Å². The summed E-state index contributed by atoms with van der Waals surface area (Å²) in [6.07, 6.45) is 1.48. The summed E-state index contributed by atoms with van der Waals surface area (Å²) in [6.45, 7) is 2.33. The second kappa shape index (κ2) is 6.30. The van der Waals surface area contributed by atoms with Crippen LogP contribution in [0, 0.1) is 11.6 Å². The van der Waals surface area contributed by atoms with Crippen molar-refractivity contribution in [1.82, 2.24) is 5.32 Å². The maximum Gasteiger partial charge on any atom is 0.254 e. The van der Waals surface area contributed by atoms with E-state index in [1.54, 1.807) is 6.92 Å². The minimum atomic E-state index is -0.727. The smallest absolute Gasteiger partial charge is 0.254 e. The average molecular weight is 242 g/mol. The predicted octanol–water partition coefficient (Wildman–Crippen LogP) is 1.82. The highest BCUT2D eigenvalue weighted by Gasteiger charge is 2.14. The largest absolute Gasteiger partial charge is 0.349 e. The third-order valence-electron chi connectivity index (χ3n) is 2.39. The highest BCUT2D eigenvalue weighted by atomic mass is 19.1. The van der Waals surface area contributed by atoms with Gasteiger partial charge in [-0.3, -0.25) is 4.79 Å². The molecule has 1 aromatic rings. The lowest BCUT2D eigenvalue weighted by atomic mass is 10.1. The van der Waals surface area contributed by atoms with E-state index in [0.717, 1.165) is 24.6 Å². The molecular formula is C12H16F2N2O. The molecule has 0 aliphatic rings. The Labute approximate surface area is 99.0 Å². The molecule has 0 spiro atoms. The van der Waals surface area contributed by atoms with E-state index < -0.39 is 17.5 Å². The van der Waals surface area contributed by atoms with Crippen LogP contribution in [0.1, 0.15) is 30.1 Å². The fourth-order valence-electron chi connectivity index (χ4n) is 1.47. The standard InChI is InChI=1S/C12H16F2N2O/c1-8(3-2-6-15)16-12(17)10-7-9(13)4-5-11(10)14/h4-5,7-8H,2-3,6,15H2,1H3,(H,16,17). The fourth-order valence-corrected chi connectivity index (χ4v) is 1.47. The second-order valence-corrected chi connectivity index (χ2v) is 3.93. The fraction of sp³-hybridized carbons (Fsp3) is 0.417. The van der Waals surface area contributed by atoms with Crippen molar-refractivity contribution in [2.24, 2.45) is 5.73 Å². The van der Waals surface area contributed by atoms with Gasteiger partial charge in [-0.2, -0.15) is 0 Å². The van der Waals surface area contributed by atoms with Gasteiger partial charge in [0.25, 0.3) is 5.91 Å². The van der Waals surface area contributed by atoms with Crippen LogP contribution in [-0.2, 0) is 0 Å². The summed E-state index contributed by atoms with van der Waals surface area (Å²) in [4.78, 5) is 11.6. The molecule has 1 unspecified atom stereocenters. The van der Waals surface area contributed by atoms with E-state index in [0.29, 0.717) is 13.0 Å². The van der Waals surface area contributed by atoms with Gasteiger partial charge in [0.2, 0.25) is 0 Å². The number of benzene rings is 1. The molecule has 3 nitrogen and oxygen atoms in total. The number of hydrogen-bond donors (Lipinski definition) is 2. The van der Waals surface area contributed by atoms with Crippen LogP contribution in [0.3, 0.4) is 0 Å². The van der Waals surface area contributed by atoms with Crippen molar-refractivity contribution < 1.29 is 13.6 Å². The average Bonchev–Trinajstić information content (AvgIpc) is 2.29. The summed E-state index contributed by atoms with van der Waals surface area (Å²) in [6, 6.07) is 2.69. The van der Waals surface area contributed by atoms with E-state index in [9.17, 15) is 13.6 Å². The molecule has 5 heteroatoms. The zero-order chi connectivity index (χ0) is 12.8. The lowest BCUT2D eigenvalue weighted by molar-refractivity contribution is 0.0933. The van der Waals surface area contributed by atoms with Gasteiger partial charge in [-0.05, 0) is 44.5 Å². The highest BCUT2D eigenvalue weighted by Crippen LogP contribution is 2.10. The van der Waals surface area contributed by atoms with Crippen molar-refractivity contribution >= 4 is 5.91 Å². The Morgan fingerprint density at radius 3 is 2.82 bits per heavy atom. The van der Waals surface area contributed by atoms with Gasteiger partial charge >= 0.3 is 0 Å². The number of nitrogens with two attached hydrogens (primary N) is 1. The molecular weight excluding hydrogens is 226 g/mol. The number of rotatable bonds is 5. The predicted molar refractivity (Wildman–Crippen MR) is 61.6 cm³/mol. The van der Waals surface area contributed by atoms with Crippen molar-refractivity contribution in [2.45, 2.75) is 25.8 Å². The van der Waals surface area contributed by atoms with Gasteiger partial charge in [-0.15, -0.1) is 0 Å². The first kappa shape index (κ1) is 13.6. The van der Waals surface area contributed by atoms with Crippen molar-refractivity contribution in [1.29, 1.82) is 0 Å². The van der Waals surface area contributed by atoms with Crippen LogP contribution in [0.15, 0.2) is 18.2 Å². The Bertz CT molecular complexity index is 396. The maximum atomic E-state index is 13.3. The number of amides is 1. The first-order chi connectivity index (χ1) is 8.04. The highest BCUT2D eigenvalue weighted by molar-refractivity contribution is 5.94. The van der Waals surface area contributed by atoms with Crippen molar-refractivity contribution in [3.63, 3.8) is 0 Å². The first-order valence-electron chi connectivity index (χ1n) is 5.50. The molecule has 3 N–H and O–H groups in total. The number of nitrogens with one attached hydrogen (secondary N) is 1. The van der Waals surface area contributed by atoms with E-state index >= 15 is 0 Å². The molecule has 0 fully saturated rings. The quantitative estimate of drug-likeness (QED) is 0.827. The monoisotopic (exact) mass is 242 g/mol. The van der Waals surface area contributed by atoms with Crippen LogP contribution in [0.2, 0.25) is 0 Å². The first-order valence-corrected chi connectivity index (χ1v) is 5.50. The topological polar surface area (TPSA) is 55.1 Å². The summed E-state index contributed by atoms with van der Waals surface area (Å²) in [5, 5.41) is 2.60. The third-order valence-corrected chi connectivity index (χ3v) is 2.39. The Kier molecular flexibility index (Phi) is 5.03. The van der Waals surface area contributed by atoms with Crippen LogP contribution in [0.25, 0.3) is 0 Å². The van der Waals surface area contributed by atoms with Gasteiger partial charge in [0.05, 0.1) is 5.56 Å². The van der Waals surface area contributed by atoms with Gasteiger partial charge < -0.3 is 11.1 Å². The molecule has 0 aromatic heterocycles. The molecule has 1 aromatic carbocycles. The second-order valence-electron chi connectivity index (χ2n) is 3.93. The third kappa shape index (κ3) is 4.11. The Morgan fingerprint density at radius 2 is 2.18 bits per heavy atom. The molecule has 17 heavy (non-hydrogen) atoms. The van der Waals surface area contributed by atoms with Crippen LogP contribution < -0.4 is 11.1 Å². The molecule has 0 saturated carbocycles. The van der Waals surface area contributed by atoms with Gasteiger partial charge in [0.15, 0.2) is 0 Å². The molecule has 0 bridgehead atoms. The Morgan fingerprint density at radius 1 is 1.47 bits per heavy atom. The lowest BCUT2D eigenvalue weighted by Crippen LogP contribution is -2.33. The van der Waals surface area contributed by atoms with Crippen LogP contribution in [0.5, 0.6) is 0 Å². The normalized spacial score (nSPS) is 12.2. The molecule has 1 atom stereocenters. The molecule has 1 rings (SSSR count). The van der Waals surface area contributed by atoms with E-state index in [2.05, 4.69) is 5.32 Å². The van der Waals surface area contributed by atoms with Crippen molar-refractivity contribution in [2.75, 3.05) is 6.54 Å². The van der Waals surface area contributed by atoms with E-state index in [1.165, 1.54) is 0 Å². The van der Waals surface area contributed by atoms with Crippen molar-refractivity contribution in [3.8, 4) is 0 Å². The molecule has 0 saturated heterocycles. The summed E-state index contributed by atoms with van der Waals surface area (Å²) in [5.41, 5.74) is 5.07. The summed E-state index contributed by atoms with van der Waals surface area (Å²) >= 11 is 0. The van der Waals surface area contributed by atoms with E-state index in [-0.39, 0.29) is 11.6 Å². The summed E-state index contributed by atoms with van der Waals surface area (Å²) < 4.78 is 26.2. The number of hydrogen-bond acceptors (Lipinski definition) is 2. The SMILES string of the molecule is CC(CCCN)NC(=O)c1cc(F)ccc1F. The van der Waals surface area contributed by atoms with E-state index in [1.807, 2.05) is 0 Å². The zero-order valence-corrected chi connectivity index (χ0v) is 9.67. The Hall–Kier alpha value is -1.49. The number of carbonyl (C=O) groups excluding carboxylic acids is 1. The van der Waals surface area contributed by atoms with Crippen LogP contribution >= 0.6 is 0 Å². The van der Waals surface area contributed by atoms with Gasteiger partial charge in [-0.1, -0.05) is 0 Å². The summed E-state index contributed by atoms with van der Waals surface area (Å²) in [7, 11) is 0. The molecule has 94 valence electrons. The number of halogens is 2.